The van der Waals surface area contributed by atoms with Crippen molar-refractivity contribution in [3.8, 4) is 0 Å². The lowest BCUT2D eigenvalue weighted by Gasteiger charge is -2.11. The van der Waals surface area contributed by atoms with E-state index in [1.807, 2.05) is 18.2 Å². The van der Waals surface area contributed by atoms with Crippen LogP contribution in [-0.4, -0.2) is 17.8 Å². The van der Waals surface area contributed by atoms with Crippen LogP contribution >= 0.6 is 0 Å². The van der Waals surface area contributed by atoms with Crippen molar-refractivity contribution in [2.75, 3.05) is 6.61 Å². The van der Waals surface area contributed by atoms with Crippen molar-refractivity contribution >= 4 is 0 Å². The summed E-state index contributed by atoms with van der Waals surface area (Å²) in [7, 11) is 0. The molecule has 0 amide bonds. The van der Waals surface area contributed by atoms with Gasteiger partial charge in [-0.3, -0.25) is 0 Å². The number of aliphatic hydroxyl groups is 1. The molecule has 2 heteroatoms. The first-order chi connectivity index (χ1) is 10.3. The maximum absolute atomic E-state index is 9.91. The smallest absolute Gasteiger partial charge is 0.0716 e. The van der Waals surface area contributed by atoms with Gasteiger partial charge in [-0.25, -0.2) is 0 Å². The Kier molecular flexibility index (Phi) is 11.1. The van der Waals surface area contributed by atoms with Crippen molar-refractivity contribution in [2.24, 2.45) is 0 Å². The summed E-state index contributed by atoms with van der Waals surface area (Å²) >= 11 is 0. The molecule has 0 aliphatic heterocycles. The Bertz CT molecular complexity index is 324. The van der Waals surface area contributed by atoms with Crippen LogP contribution < -0.4 is 0 Å². The highest BCUT2D eigenvalue weighted by Crippen LogP contribution is 2.11. The molecule has 0 saturated heterocycles. The van der Waals surface area contributed by atoms with Crippen LogP contribution in [0.25, 0.3) is 0 Å². The van der Waals surface area contributed by atoms with E-state index in [1.165, 1.54) is 44.1 Å². The van der Waals surface area contributed by atoms with Crippen LogP contribution in [0.1, 0.15) is 70.3 Å². The second-order valence-electron chi connectivity index (χ2n) is 5.89. The molecule has 0 radical (unpaired) electrons. The van der Waals surface area contributed by atoms with Crippen LogP contribution in [-0.2, 0) is 11.3 Å². The third-order valence-electron chi connectivity index (χ3n) is 3.85. The molecule has 0 aromatic heterocycles. The second kappa shape index (κ2) is 12.8. The molecule has 0 saturated carbocycles. The normalized spacial score (nSPS) is 12.5. The average molecular weight is 292 g/mol. The van der Waals surface area contributed by atoms with Crippen molar-refractivity contribution < 1.29 is 9.84 Å². The highest BCUT2D eigenvalue weighted by atomic mass is 16.5. The van der Waals surface area contributed by atoms with Crippen LogP contribution in [0.4, 0.5) is 0 Å². The molecule has 21 heavy (non-hydrogen) atoms. The predicted molar refractivity (Wildman–Crippen MR) is 89.3 cm³/mol. The maximum atomic E-state index is 9.91. The number of hydrogen-bond donors (Lipinski definition) is 1. The molecule has 1 atom stereocenters. The minimum atomic E-state index is -0.198. The summed E-state index contributed by atoms with van der Waals surface area (Å²) in [4.78, 5) is 0. The zero-order chi connectivity index (χ0) is 15.2. The number of unbranched alkanes of at least 4 members (excludes halogenated alkanes) is 6. The molecule has 1 N–H and O–H groups in total. The van der Waals surface area contributed by atoms with Gasteiger partial charge in [0.15, 0.2) is 0 Å². The Morgan fingerprint density at radius 2 is 1.57 bits per heavy atom. The van der Waals surface area contributed by atoms with Crippen molar-refractivity contribution in [1.29, 1.82) is 0 Å². The lowest BCUT2D eigenvalue weighted by Crippen LogP contribution is -2.10. The van der Waals surface area contributed by atoms with E-state index in [1.54, 1.807) is 0 Å². The van der Waals surface area contributed by atoms with Gasteiger partial charge >= 0.3 is 0 Å². The molecule has 0 heterocycles. The number of hydrogen-bond acceptors (Lipinski definition) is 2. The summed E-state index contributed by atoms with van der Waals surface area (Å²) in [6.07, 6.45) is 10.6. The third kappa shape index (κ3) is 10.5. The first-order valence-electron chi connectivity index (χ1n) is 8.62. The molecule has 1 aromatic carbocycles. The Morgan fingerprint density at radius 3 is 2.29 bits per heavy atom. The molecule has 0 aliphatic carbocycles. The van der Waals surface area contributed by atoms with Gasteiger partial charge in [-0.15, -0.1) is 0 Å². The highest BCUT2D eigenvalue weighted by molar-refractivity contribution is 5.13. The summed E-state index contributed by atoms with van der Waals surface area (Å²) in [5.41, 5.74) is 1.19. The first-order valence-corrected chi connectivity index (χ1v) is 8.62. The summed E-state index contributed by atoms with van der Waals surface area (Å²) in [6, 6.07) is 10.2. The molecule has 1 unspecified atom stereocenters. The lowest BCUT2D eigenvalue weighted by atomic mass is 10.1. The standard InChI is InChI=1S/C19H32O2/c1-2-3-4-5-6-7-11-14-19(20)15-16-21-17-18-12-9-8-10-13-18/h8-10,12-13,19-20H,2-7,11,14-17H2,1H3. The van der Waals surface area contributed by atoms with E-state index in [2.05, 4.69) is 19.1 Å². The Hall–Kier alpha value is -0.860. The molecule has 2 nitrogen and oxygen atoms in total. The SMILES string of the molecule is CCCCCCCCCC(O)CCOCc1ccccc1. The minimum Gasteiger partial charge on any atom is -0.393 e. The monoisotopic (exact) mass is 292 g/mol. The largest absolute Gasteiger partial charge is 0.393 e. The van der Waals surface area contributed by atoms with Crippen LogP contribution in [0, 0.1) is 0 Å². The number of aliphatic hydroxyl groups excluding tert-OH is 1. The molecule has 120 valence electrons. The Morgan fingerprint density at radius 1 is 0.905 bits per heavy atom. The summed E-state index contributed by atoms with van der Waals surface area (Å²) in [6.45, 7) is 3.54. The summed E-state index contributed by atoms with van der Waals surface area (Å²) in [5, 5.41) is 9.91. The van der Waals surface area contributed by atoms with E-state index in [0.717, 1.165) is 19.3 Å². The molecule has 0 bridgehead atoms. The van der Waals surface area contributed by atoms with Gasteiger partial charge < -0.3 is 9.84 Å². The maximum Gasteiger partial charge on any atom is 0.0716 e. The first kappa shape index (κ1) is 18.2. The number of ether oxygens (including phenoxy) is 1. The van der Waals surface area contributed by atoms with Crippen molar-refractivity contribution in [3.63, 3.8) is 0 Å². The van der Waals surface area contributed by atoms with Crippen LogP contribution in [0.2, 0.25) is 0 Å². The zero-order valence-electron chi connectivity index (χ0n) is 13.6. The van der Waals surface area contributed by atoms with Gasteiger partial charge in [0.05, 0.1) is 12.7 Å². The van der Waals surface area contributed by atoms with E-state index >= 15 is 0 Å². The molecular weight excluding hydrogens is 260 g/mol. The van der Waals surface area contributed by atoms with E-state index in [4.69, 9.17) is 4.74 Å². The fourth-order valence-corrected chi connectivity index (χ4v) is 2.47. The molecule has 1 rings (SSSR count). The van der Waals surface area contributed by atoms with Gasteiger partial charge in [0, 0.05) is 6.61 Å². The summed E-state index contributed by atoms with van der Waals surface area (Å²) < 4.78 is 5.60. The van der Waals surface area contributed by atoms with Crippen molar-refractivity contribution in [3.05, 3.63) is 35.9 Å². The summed E-state index contributed by atoms with van der Waals surface area (Å²) in [5.74, 6) is 0. The van der Waals surface area contributed by atoms with Gasteiger partial charge in [0.25, 0.3) is 0 Å². The third-order valence-corrected chi connectivity index (χ3v) is 3.85. The average Bonchev–Trinajstić information content (AvgIpc) is 2.52. The predicted octanol–water partition coefficient (Wildman–Crippen LogP) is 5.09. The van der Waals surface area contributed by atoms with E-state index in [9.17, 15) is 5.11 Å². The van der Waals surface area contributed by atoms with E-state index in [-0.39, 0.29) is 6.10 Å². The van der Waals surface area contributed by atoms with Crippen LogP contribution in [0.15, 0.2) is 30.3 Å². The Labute approximate surface area is 130 Å². The molecule has 1 aromatic rings. The van der Waals surface area contributed by atoms with Crippen molar-refractivity contribution in [2.45, 2.75) is 77.4 Å². The van der Waals surface area contributed by atoms with Gasteiger partial charge in [-0.1, -0.05) is 82.2 Å². The molecule has 0 fully saturated rings. The fourth-order valence-electron chi connectivity index (χ4n) is 2.47. The lowest BCUT2D eigenvalue weighted by molar-refractivity contribution is 0.0689. The van der Waals surface area contributed by atoms with Crippen LogP contribution in [0.5, 0.6) is 0 Å². The fraction of sp³-hybridized carbons (Fsp3) is 0.684. The van der Waals surface area contributed by atoms with Crippen molar-refractivity contribution in [1.82, 2.24) is 0 Å². The molecule has 0 spiro atoms. The minimum absolute atomic E-state index is 0.198. The van der Waals surface area contributed by atoms with E-state index in [0.29, 0.717) is 13.2 Å². The highest BCUT2D eigenvalue weighted by Gasteiger charge is 2.04. The Balaban J connectivity index is 1.88. The van der Waals surface area contributed by atoms with Gasteiger partial charge in [0.2, 0.25) is 0 Å². The van der Waals surface area contributed by atoms with Gasteiger partial charge in [0.1, 0.15) is 0 Å². The topological polar surface area (TPSA) is 29.5 Å². The number of rotatable bonds is 13. The number of benzene rings is 1. The molecule has 0 aliphatic rings. The van der Waals surface area contributed by atoms with Gasteiger partial charge in [-0.2, -0.15) is 0 Å². The van der Waals surface area contributed by atoms with E-state index < -0.39 is 0 Å². The van der Waals surface area contributed by atoms with Crippen LogP contribution in [0.3, 0.4) is 0 Å². The second-order valence-corrected chi connectivity index (χ2v) is 5.89. The quantitative estimate of drug-likeness (QED) is 0.513. The zero-order valence-corrected chi connectivity index (χ0v) is 13.6. The van der Waals surface area contributed by atoms with Gasteiger partial charge in [-0.05, 0) is 18.4 Å². The molecular formula is C19H32O2.